The molecule has 4 nitrogen and oxygen atoms in total. The van der Waals surface area contributed by atoms with Gasteiger partial charge < -0.3 is 10.6 Å². The van der Waals surface area contributed by atoms with Crippen LogP contribution in [0.5, 0.6) is 0 Å². The quantitative estimate of drug-likeness (QED) is 0.812. The maximum atomic E-state index is 12.0. The normalized spacial score (nSPS) is 16.6. The van der Waals surface area contributed by atoms with Crippen LogP contribution in [0.15, 0.2) is 30.3 Å². The molecule has 2 amide bonds. The maximum absolute atomic E-state index is 12.0. The zero-order chi connectivity index (χ0) is 16.5. The number of carbonyl (C=O) groups excluding carboxylic acids is 2. The fraction of sp³-hybridized carbons (Fsp3) is 0.579. The van der Waals surface area contributed by atoms with E-state index in [0.717, 1.165) is 38.5 Å². The highest BCUT2D eigenvalue weighted by atomic mass is 16.2. The lowest BCUT2D eigenvalue weighted by molar-refractivity contribution is -0.129. The Bertz CT molecular complexity index is 495. The van der Waals surface area contributed by atoms with E-state index in [1.54, 1.807) is 0 Å². The Hall–Kier alpha value is -1.84. The van der Waals surface area contributed by atoms with Gasteiger partial charge in [-0.05, 0) is 38.2 Å². The van der Waals surface area contributed by atoms with Gasteiger partial charge in [-0.1, -0.05) is 49.6 Å². The Morgan fingerprint density at radius 2 is 1.83 bits per heavy atom. The predicted molar refractivity (Wildman–Crippen MR) is 92.0 cm³/mol. The molecule has 1 fully saturated rings. The minimum Gasteiger partial charge on any atom is -0.352 e. The first kappa shape index (κ1) is 17.5. The van der Waals surface area contributed by atoms with E-state index >= 15 is 0 Å². The summed E-state index contributed by atoms with van der Waals surface area (Å²) >= 11 is 0. The Kier molecular flexibility index (Phi) is 7.11. The predicted octanol–water partition coefficient (Wildman–Crippen LogP) is 2.82. The molecule has 1 aliphatic rings. The molecule has 0 spiro atoms. The van der Waals surface area contributed by atoms with Crippen LogP contribution in [0.2, 0.25) is 0 Å². The molecule has 1 atom stereocenters. The van der Waals surface area contributed by atoms with Crippen LogP contribution in [0.4, 0.5) is 0 Å². The summed E-state index contributed by atoms with van der Waals surface area (Å²) in [6.45, 7) is 2.09. The van der Waals surface area contributed by atoms with E-state index in [2.05, 4.69) is 22.8 Å². The van der Waals surface area contributed by atoms with E-state index < -0.39 is 0 Å². The van der Waals surface area contributed by atoms with Crippen LogP contribution >= 0.6 is 0 Å². The summed E-state index contributed by atoms with van der Waals surface area (Å²) < 4.78 is 0. The summed E-state index contributed by atoms with van der Waals surface area (Å²) in [6.07, 6.45) is 7.23. The summed E-state index contributed by atoms with van der Waals surface area (Å²) in [5.41, 5.74) is 1.28. The molecule has 0 radical (unpaired) electrons. The van der Waals surface area contributed by atoms with E-state index in [4.69, 9.17) is 0 Å². The molecule has 1 aromatic rings. The molecule has 1 aliphatic carbocycles. The zero-order valence-corrected chi connectivity index (χ0v) is 14.0. The number of carbonyl (C=O) groups is 2. The smallest absolute Gasteiger partial charge is 0.239 e. The average molecular weight is 316 g/mol. The van der Waals surface area contributed by atoms with Crippen molar-refractivity contribution in [2.45, 2.75) is 57.9 Å². The molecule has 1 unspecified atom stereocenters. The standard InChI is InChI=1S/C19H28N2O2/c1-15(12-13-16-8-4-2-5-9-16)21-18(22)14-20-19(23)17-10-6-3-7-11-17/h2,4-5,8-9,15,17H,3,6-7,10-14H2,1H3,(H,20,23)(H,21,22). The van der Waals surface area contributed by atoms with Gasteiger partial charge in [0.25, 0.3) is 0 Å². The van der Waals surface area contributed by atoms with E-state index in [9.17, 15) is 9.59 Å². The largest absolute Gasteiger partial charge is 0.352 e. The van der Waals surface area contributed by atoms with Crippen molar-refractivity contribution in [3.8, 4) is 0 Å². The van der Waals surface area contributed by atoms with Crippen molar-refractivity contribution in [1.29, 1.82) is 0 Å². The molecule has 0 bridgehead atoms. The Labute approximate surface area is 139 Å². The van der Waals surface area contributed by atoms with Gasteiger partial charge in [-0.3, -0.25) is 9.59 Å². The molecule has 0 saturated heterocycles. The summed E-state index contributed by atoms with van der Waals surface area (Å²) in [5.74, 6) is 0.0403. The maximum Gasteiger partial charge on any atom is 0.239 e. The lowest BCUT2D eigenvalue weighted by Gasteiger charge is -2.21. The highest BCUT2D eigenvalue weighted by Gasteiger charge is 2.21. The molecule has 2 rings (SSSR count). The van der Waals surface area contributed by atoms with Gasteiger partial charge in [0, 0.05) is 12.0 Å². The van der Waals surface area contributed by atoms with Crippen LogP contribution in [-0.4, -0.2) is 24.4 Å². The van der Waals surface area contributed by atoms with Gasteiger partial charge in [0.15, 0.2) is 0 Å². The molecule has 0 aliphatic heterocycles. The summed E-state index contributed by atoms with van der Waals surface area (Å²) in [5, 5.41) is 5.74. The Morgan fingerprint density at radius 3 is 2.52 bits per heavy atom. The Morgan fingerprint density at radius 1 is 1.13 bits per heavy atom. The van der Waals surface area contributed by atoms with Crippen LogP contribution < -0.4 is 10.6 Å². The van der Waals surface area contributed by atoms with Gasteiger partial charge in [-0.25, -0.2) is 0 Å². The van der Waals surface area contributed by atoms with Crippen LogP contribution in [-0.2, 0) is 16.0 Å². The third-order valence-corrected chi connectivity index (χ3v) is 4.52. The number of amides is 2. The van der Waals surface area contributed by atoms with Gasteiger partial charge in [0.05, 0.1) is 6.54 Å². The SMILES string of the molecule is CC(CCc1ccccc1)NC(=O)CNC(=O)C1CCCCC1. The number of hydrogen-bond donors (Lipinski definition) is 2. The number of rotatable bonds is 7. The molecular formula is C19H28N2O2. The van der Waals surface area contributed by atoms with Crippen molar-refractivity contribution in [1.82, 2.24) is 10.6 Å². The van der Waals surface area contributed by atoms with Crippen molar-refractivity contribution >= 4 is 11.8 Å². The number of hydrogen-bond acceptors (Lipinski definition) is 2. The van der Waals surface area contributed by atoms with Gasteiger partial charge >= 0.3 is 0 Å². The van der Waals surface area contributed by atoms with Gasteiger partial charge in [-0.2, -0.15) is 0 Å². The topological polar surface area (TPSA) is 58.2 Å². The molecule has 0 aromatic heterocycles. The third kappa shape index (κ3) is 6.43. The fourth-order valence-corrected chi connectivity index (χ4v) is 3.10. The van der Waals surface area contributed by atoms with E-state index in [1.165, 1.54) is 12.0 Å². The molecule has 0 heterocycles. The average Bonchev–Trinajstić information content (AvgIpc) is 2.59. The monoisotopic (exact) mass is 316 g/mol. The molecule has 23 heavy (non-hydrogen) atoms. The molecule has 126 valence electrons. The molecule has 1 aromatic carbocycles. The van der Waals surface area contributed by atoms with Crippen molar-refractivity contribution in [2.24, 2.45) is 5.92 Å². The molecule has 1 saturated carbocycles. The van der Waals surface area contributed by atoms with Crippen molar-refractivity contribution in [2.75, 3.05) is 6.54 Å². The van der Waals surface area contributed by atoms with Gasteiger partial charge in [-0.15, -0.1) is 0 Å². The Balaban J connectivity index is 1.62. The lowest BCUT2D eigenvalue weighted by atomic mass is 9.89. The van der Waals surface area contributed by atoms with Crippen LogP contribution in [0.25, 0.3) is 0 Å². The third-order valence-electron chi connectivity index (χ3n) is 4.52. The first-order valence-corrected chi connectivity index (χ1v) is 8.76. The van der Waals surface area contributed by atoms with E-state index in [0.29, 0.717) is 0 Å². The highest BCUT2D eigenvalue weighted by molar-refractivity contribution is 5.85. The second-order valence-electron chi connectivity index (χ2n) is 6.55. The van der Waals surface area contributed by atoms with Crippen LogP contribution in [0, 0.1) is 5.92 Å². The van der Waals surface area contributed by atoms with E-state index in [1.807, 2.05) is 25.1 Å². The molecular weight excluding hydrogens is 288 g/mol. The van der Waals surface area contributed by atoms with Crippen molar-refractivity contribution in [3.05, 3.63) is 35.9 Å². The minimum atomic E-state index is -0.102. The summed E-state index contributed by atoms with van der Waals surface area (Å²) in [6, 6.07) is 10.4. The molecule has 4 heteroatoms. The van der Waals surface area contributed by atoms with Gasteiger partial charge in [0.1, 0.15) is 0 Å². The van der Waals surface area contributed by atoms with Crippen LogP contribution in [0.3, 0.4) is 0 Å². The molecule has 2 N–H and O–H groups in total. The van der Waals surface area contributed by atoms with E-state index in [-0.39, 0.29) is 30.3 Å². The number of benzene rings is 1. The second kappa shape index (κ2) is 9.33. The summed E-state index contributed by atoms with van der Waals surface area (Å²) in [4.78, 5) is 23.9. The first-order valence-electron chi connectivity index (χ1n) is 8.76. The minimum absolute atomic E-state index is 0.0387. The number of aryl methyl sites for hydroxylation is 1. The fourth-order valence-electron chi connectivity index (χ4n) is 3.10. The lowest BCUT2D eigenvalue weighted by Crippen LogP contribution is -2.42. The van der Waals surface area contributed by atoms with Crippen LogP contribution in [0.1, 0.15) is 51.0 Å². The summed E-state index contributed by atoms with van der Waals surface area (Å²) in [7, 11) is 0. The van der Waals surface area contributed by atoms with Crippen molar-refractivity contribution < 1.29 is 9.59 Å². The number of nitrogens with one attached hydrogen (secondary N) is 2. The zero-order valence-electron chi connectivity index (χ0n) is 14.0. The van der Waals surface area contributed by atoms with Gasteiger partial charge in [0.2, 0.25) is 11.8 Å². The first-order chi connectivity index (χ1) is 11.1. The highest BCUT2D eigenvalue weighted by Crippen LogP contribution is 2.23. The van der Waals surface area contributed by atoms with Crippen molar-refractivity contribution in [3.63, 3.8) is 0 Å². The second-order valence-corrected chi connectivity index (χ2v) is 6.55.